The molecule has 12 nitrogen and oxygen atoms in total. The van der Waals surface area contributed by atoms with Crippen LogP contribution in [0.25, 0.3) is 24.3 Å². The molecule has 65 heavy (non-hydrogen) atoms. The Morgan fingerprint density at radius 2 is 1.02 bits per heavy atom. The van der Waals surface area contributed by atoms with E-state index in [0.717, 1.165) is 27.8 Å². The van der Waals surface area contributed by atoms with Crippen LogP contribution >= 0.6 is 0 Å². The van der Waals surface area contributed by atoms with Gasteiger partial charge in [0.15, 0.2) is 0 Å². The summed E-state index contributed by atoms with van der Waals surface area (Å²) in [5.41, 5.74) is 5.64. The van der Waals surface area contributed by atoms with Crippen molar-refractivity contribution >= 4 is 59.3 Å². The Labute approximate surface area is 376 Å². The van der Waals surface area contributed by atoms with Gasteiger partial charge in [0.1, 0.15) is 34.5 Å². The number of aromatic hydroxyl groups is 1. The summed E-state index contributed by atoms with van der Waals surface area (Å²) < 4.78 is 27.6. The Morgan fingerprint density at radius 1 is 0.508 bits per heavy atom. The maximum Gasteiger partial charge on any atom is 0.238 e. The first kappa shape index (κ1) is 42.7. The minimum absolute atomic E-state index is 0.0182. The predicted octanol–water partition coefficient (Wildman–Crippen LogP) is 8.82. The van der Waals surface area contributed by atoms with Crippen LogP contribution in [0.2, 0.25) is 0 Å². The van der Waals surface area contributed by atoms with E-state index < -0.39 is 35.5 Å². The molecule has 9 rings (SSSR count). The highest BCUT2D eigenvalue weighted by atomic mass is 16.5. The summed E-state index contributed by atoms with van der Waals surface area (Å²) >= 11 is 0. The van der Waals surface area contributed by atoms with Crippen molar-refractivity contribution in [3.05, 3.63) is 143 Å². The molecule has 6 atom stereocenters. The molecule has 5 aromatic rings. The van der Waals surface area contributed by atoms with Gasteiger partial charge in [0.2, 0.25) is 23.6 Å². The maximum absolute atomic E-state index is 14.8. The average molecular weight is 873 g/mol. The minimum atomic E-state index is -0.819. The molecule has 2 heterocycles. The molecule has 0 spiro atoms. The second kappa shape index (κ2) is 17.5. The number of methoxy groups -OCH3 is 5. The number of carbonyl (C=O) groups is 4. The number of benzene rings is 5. The van der Waals surface area contributed by atoms with E-state index >= 15 is 0 Å². The normalized spacial score (nSPS) is 22.5. The number of allylic oxidation sites excluding steroid dienone is 2. The standard InChI is InChI=1S/C53H48N2O10/c1-61-37-19-24-44(63-3)32(26-37)12-6-30-8-14-34(15-9-30)54-50(57)41-23-22-39-42(48(41)52(54)59)29-43-49(47(39)40-21-18-36(56)28-46(40)65-5)53(60)55(51(43)58)35-16-10-31(11-17-35)7-13-33-27-38(62-2)20-25-45(33)64-4/h6-22,24-28,41-43,47-49,56H,23,29H2,1-5H3/t41-,42+,43+,47+,48-,49+/m0/s1. The van der Waals surface area contributed by atoms with Gasteiger partial charge in [-0.15, -0.1) is 0 Å². The lowest BCUT2D eigenvalue weighted by atomic mass is 9.57. The van der Waals surface area contributed by atoms with E-state index in [9.17, 15) is 24.3 Å². The second-order valence-corrected chi connectivity index (χ2v) is 16.5. The lowest BCUT2D eigenvalue weighted by Gasteiger charge is -2.44. The molecule has 0 unspecified atom stereocenters. The fourth-order valence-corrected chi connectivity index (χ4v) is 10.2. The molecule has 4 amide bonds. The van der Waals surface area contributed by atoms with Gasteiger partial charge in [0.25, 0.3) is 0 Å². The Bertz CT molecular complexity index is 2790. The highest BCUT2D eigenvalue weighted by molar-refractivity contribution is 6.24. The van der Waals surface area contributed by atoms with Crippen molar-refractivity contribution < 1.29 is 48.0 Å². The number of ether oxygens (including phenoxy) is 5. The minimum Gasteiger partial charge on any atom is -0.508 e. The van der Waals surface area contributed by atoms with Crippen LogP contribution in [0.3, 0.4) is 0 Å². The lowest BCUT2D eigenvalue weighted by molar-refractivity contribution is -0.126. The summed E-state index contributed by atoms with van der Waals surface area (Å²) in [4.78, 5) is 61.0. The van der Waals surface area contributed by atoms with Gasteiger partial charge in [-0.3, -0.25) is 29.0 Å². The first-order chi connectivity index (χ1) is 31.6. The van der Waals surface area contributed by atoms with Crippen LogP contribution in [0.15, 0.2) is 115 Å². The van der Waals surface area contributed by atoms with Gasteiger partial charge >= 0.3 is 0 Å². The van der Waals surface area contributed by atoms with Gasteiger partial charge in [-0.25, -0.2) is 0 Å². The van der Waals surface area contributed by atoms with E-state index in [0.29, 0.717) is 45.7 Å². The molecule has 0 radical (unpaired) electrons. The molecule has 12 heteroatoms. The first-order valence-corrected chi connectivity index (χ1v) is 21.4. The van der Waals surface area contributed by atoms with Gasteiger partial charge in [0.05, 0.1) is 70.6 Å². The van der Waals surface area contributed by atoms with Crippen LogP contribution in [0, 0.1) is 29.6 Å². The average Bonchev–Trinajstić information content (AvgIpc) is 3.75. The van der Waals surface area contributed by atoms with Crippen LogP contribution < -0.4 is 33.5 Å². The molecule has 3 fully saturated rings. The van der Waals surface area contributed by atoms with Crippen molar-refractivity contribution in [1.29, 1.82) is 0 Å². The summed E-state index contributed by atoms with van der Waals surface area (Å²) in [5.74, 6) is -2.46. The molecular weight excluding hydrogens is 825 g/mol. The highest BCUT2D eigenvalue weighted by Gasteiger charge is 2.62. The third kappa shape index (κ3) is 7.58. The quantitative estimate of drug-likeness (QED) is 0.0735. The highest BCUT2D eigenvalue weighted by Crippen LogP contribution is 2.59. The van der Waals surface area contributed by atoms with Crippen molar-refractivity contribution in [2.75, 3.05) is 45.3 Å². The molecule has 2 aliphatic heterocycles. The summed E-state index contributed by atoms with van der Waals surface area (Å²) in [6.07, 6.45) is 10.1. The van der Waals surface area contributed by atoms with Crippen LogP contribution in [-0.4, -0.2) is 64.3 Å². The second-order valence-electron chi connectivity index (χ2n) is 16.5. The number of hydrogen-bond donors (Lipinski definition) is 1. The van der Waals surface area contributed by atoms with Crippen molar-refractivity contribution in [1.82, 2.24) is 0 Å². The molecule has 4 aliphatic rings. The van der Waals surface area contributed by atoms with Crippen LogP contribution in [0.4, 0.5) is 11.4 Å². The largest absolute Gasteiger partial charge is 0.508 e. The molecule has 0 aromatic heterocycles. The molecule has 2 aliphatic carbocycles. The van der Waals surface area contributed by atoms with Gasteiger partial charge in [-0.1, -0.05) is 66.3 Å². The van der Waals surface area contributed by atoms with Crippen molar-refractivity contribution in [2.24, 2.45) is 29.6 Å². The fourth-order valence-electron chi connectivity index (χ4n) is 10.2. The van der Waals surface area contributed by atoms with Gasteiger partial charge in [-0.2, -0.15) is 0 Å². The number of hydrogen-bond acceptors (Lipinski definition) is 10. The monoisotopic (exact) mass is 872 g/mol. The van der Waals surface area contributed by atoms with E-state index in [4.69, 9.17) is 23.7 Å². The Hall–Kier alpha value is -7.60. The topological polar surface area (TPSA) is 141 Å². The van der Waals surface area contributed by atoms with E-state index in [1.807, 2.05) is 91.0 Å². The van der Waals surface area contributed by atoms with E-state index in [-0.39, 0.29) is 42.2 Å². The van der Waals surface area contributed by atoms with Gasteiger partial charge < -0.3 is 28.8 Å². The third-order valence-corrected chi connectivity index (χ3v) is 13.3. The Kier molecular flexibility index (Phi) is 11.5. The number of phenols is 1. The molecule has 330 valence electrons. The molecule has 0 bridgehead atoms. The predicted molar refractivity (Wildman–Crippen MR) is 247 cm³/mol. The number of phenolic OH excluding ortho intramolecular Hbond substituents is 1. The van der Waals surface area contributed by atoms with Crippen molar-refractivity contribution in [3.8, 4) is 34.5 Å². The first-order valence-electron chi connectivity index (χ1n) is 21.4. The summed E-state index contributed by atoms with van der Waals surface area (Å²) in [5, 5.41) is 10.5. The van der Waals surface area contributed by atoms with Gasteiger partial charge in [-0.05, 0) is 96.6 Å². The molecule has 1 N–H and O–H groups in total. The lowest BCUT2D eigenvalue weighted by Crippen LogP contribution is -2.43. The summed E-state index contributed by atoms with van der Waals surface area (Å²) in [7, 11) is 7.90. The van der Waals surface area contributed by atoms with Crippen molar-refractivity contribution in [2.45, 2.75) is 18.8 Å². The zero-order chi connectivity index (χ0) is 45.5. The molecular formula is C53H48N2O10. The molecule has 5 aromatic carbocycles. The molecule has 2 saturated heterocycles. The SMILES string of the molecule is COc1ccc(OC)c(C=Cc2ccc(N3C(=O)[C@H]4[C@H](CC=C5[C@H]4C[C@H]4C(=O)N(c6ccc(C=Cc7cc(OC)ccc7OC)cc6)C(=O)[C@H]4[C@H]5c4ccc(O)cc4OC)C3=O)cc2)c1. The molecule has 1 saturated carbocycles. The summed E-state index contributed by atoms with van der Waals surface area (Å²) in [6.45, 7) is 0. The van der Waals surface area contributed by atoms with Crippen LogP contribution in [0.1, 0.15) is 46.6 Å². The number of carbonyl (C=O) groups excluding carboxylic acids is 4. The zero-order valence-corrected chi connectivity index (χ0v) is 36.6. The fraction of sp³-hybridized carbons (Fsp3) is 0.245. The summed E-state index contributed by atoms with van der Waals surface area (Å²) in [6, 6.07) is 30.2. The number of imide groups is 2. The number of rotatable bonds is 12. The maximum atomic E-state index is 14.8. The third-order valence-electron chi connectivity index (χ3n) is 13.3. The number of anilines is 2. The Balaban J connectivity index is 1.01. The van der Waals surface area contributed by atoms with Crippen LogP contribution in [-0.2, 0) is 19.2 Å². The smallest absolute Gasteiger partial charge is 0.238 e. The van der Waals surface area contributed by atoms with Crippen molar-refractivity contribution in [3.63, 3.8) is 0 Å². The zero-order valence-electron chi connectivity index (χ0n) is 36.6. The van der Waals surface area contributed by atoms with Crippen LogP contribution in [0.5, 0.6) is 34.5 Å². The van der Waals surface area contributed by atoms with E-state index in [2.05, 4.69) is 0 Å². The number of amides is 4. The Morgan fingerprint density at radius 3 is 1.52 bits per heavy atom. The number of fused-ring (bicyclic) bond motifs is 4. The van der Waals surface area contributed by atoms with Gasteiger partial charge in [0, 0.05) is 28.7 Å². The van der Waals surface area contributed by atoms with E-state index in [1.165, 1.54) is 29.0 Å². The number of nitrogens with zero attached hydrogens (tertiary/aromatic N) is 2. The van der Waals surface area contributed by atoms with E-state index in [1.54, 1.807) is 58.8 Å².